The molecular formula is C26H30N4O4. The van der Waals surface area contributed by atoms with Crippen LogP contribution in [0.1, 0.15) is 28.8 Å². The van der Waals surface area contributed by atoms with Gasteiger partial charge in [0.15, 0.2) is 0 Å². The van der Waals surface area contributed by atoms with Crippen LogP contribution in [0.25, 0.3) is 0 Å². The third-order valence-electron chi connectivity index (χ3n) is 6.26. The lowest BCUT2D eigenvalue weighted by atomic mass is 9.83. The van der Waals surface area contributed by atoms with Crippen molar-refractivity contribution in [2.45, 2.75) is 37.8 Å². The molecule has 0 unspecified atom stereocenters. The van der Waals surface area contributed by atoms with Crippen LogP contribution < -0.4 is 10.1 Å². The number of aromatic amines is 1. The molecule has 0 radical (unpaired) electrons. The zero-order chi connectivity index (χ0) is 24.1. The minimum atomic E-state index is -1.07. The Hall–Kier alpha value is -3.65. The van der Waals surface area contributed by atoms with Crippen LogP contribution in [0.2, 0.25) is 0 Å². The van der Waals surface area contributed by atoms with Gasteiger partial charge in [-0.15, -0.1) is 0 Å². The van der Waals surface area contributed by atoms with E-state index < -0.39 is 11.6 Å². The quantitative estimate of drug-likeness (QED) is 0.452. The monoisotopic (exact) mass is 462 g/mol. The van der Waals surface area contributed by atoms with Crippen molar-refractivity contribution in [1.29, 1.82) is 0 Å². The molecule has 0 spiro atoms. The average Bonchev–Trinajstić information content (AvgIpc) is 3.34. The van der Waals surface area contributed by atoms with Crippen molar-refractivity contribution in [2.24, 2.45) is 0 Å². The lowest BCUT2D eigenvalue weighted by Crippen LogP contribution is -2.65. The predicted octanol–water partition coefficient (Wildman–Crippen LogP) is 2.12. The summed E-state index contributed by atoms with van der Waals surface area (Å²) < 4.78 is 5.21. The molecule has 1 atom stereocenters. The molecule has 1 fully saturated rings. The van der Waals surface area contributed by atoms with Crippen molar-refractivity contribution in [1.82, 2.24) is 20.2 Å². The number of benzene rings is 2. The highest BCUT2D eigenvalue weighted by Crippen LogP contribution is 2.34. The molecule has 34 heavy (non-hydrogen) atoms. The molecule has 4 rings (SSSR count). The Kier molecular flexibility index (Phi) is 6.98. The van der Waals surface area contributed by atoms with E-state index in [0.29, 0.717) is 12.8 Å². The Morgan fingerprint density at radius 2 is 1.94 bits per heavy atom. The molecule has 0 bridgehead atoms. The van der Waals surface area contributed by atoms with E-state index in [2.05, 4.69) is 15.3 Å². The van der Waals surface area contributed by atoms with E-state index >= 15 is 0 Å². The fraction of sp³-hybridized carbons (Fsp3) is 0.346. The van der Waals surface area contributed by atoms with Gasteiger partial charge in [0.1, 0.15) is 17.4 Å². The second-order valence-corrected chi connectivity index (χ2v) is 8.77. The third kappa shape index (κ3) is 5.28. The lowest BCUT2D eigenvalue weighted by Gasteiger charge is -2.48. The van der Waals surface area contributed by atoms with Gasteiger partial charge in [0.25, 0.3) is 0 Å². The van der Waals surface area contributed by atoms with Gasteiger partial charge in [0.2, 0.25) is 11.8 Å². The van der Waals surface area contributed by atoms with Crippen molar-refractivity contribution in [3.63, 3.8) is 0 Å². The molecule has 2 heterocycles. The summed E-state index contributed by atoms with van der Waals surface area (Å²) in [5.74, 6) is 0.299. The van der Waals surface area contributed by atoms with Crippen LogP contribution in [0.3, 0.4) is 0 Å². The number of methoxy groups -OCH3 is 1. The molecular weight excluding hydrogens is 432 g/mol. The van der Waals surface area contributed by atoms with E-state index in [4.69, 9.17) is 4.74 Å². The summed E-state index contributed by atoms with van der Waals surface area (Å²) in [5, 5.41) is 14.0. The minimum absolute atomic E-state index is 0.193. The normalized spacial score (nSPS) is 15.3. The minimum Gasteiger partial charge on any atom is -0.497 e. The van der Waals surface area contributed by atoms with Crippen LogP contribution in [-0.2, 0) is 28.0 Å². The zero-order valence-electron chi connectivity index (χ0n) is 19.5. The number of hydrogen-bond acceptors (Lipinski definition) is 5. The van der Waals surface area contributed by atoms with Gasteiger partial charge in [-0.05, 0) is 42.2 Å². The maximum Gasteiger partial charge on any atom is 0.245 e. The number of imidazole rings is 1. The van der Waals surface area contributed by atoms with Crippen LogP contribution >= 0.6 is 0 Å². The van der Waals surface area contributed by atoms with Gasteiger partial charge < -0.3 is 25.0 Å². The SMILES string of the molecule is COc1ccc(C[C@H](NC(=O)CCc2c[nH]cn2)C(=O)N2CC(O)(c3ccccc3C)C2)cc1. The van der Waals surface area contributed by atoms with Gasteiger partial charge in [0, 0.05) is 19.0 Å². The molecule has 1 aromatic heterocycles. The highest BCUT2D eigenvalue weighted by atomic mass is 16.5. The Balaban J connectivity index is 1.44. The molecule has 1 aliphatic heterocycles. The number of ether oxygens (including phenoxy) is 1. The number of nitrogens with zero attached hydrogens (tertiary/aromatic N) is 2. The fourth-order valence-electron chi connectivity index (χ4n) is 4.36. The summed E-state index contributed by atoms with van der Waals surface area (Å²) in [6, 6.07) is 14.3. The summed E-state index contributed by atoms with van der Waals surface area (Å²) in [7, 11) is 1.60. The zero-order valence-corrected chi connectivity index (χ0v) is 19.5. The summed E-state index contributed by atoms with van der Waals surface area (Å²) in [6.45, 7) is 2.34. The molecule has 8 heteroatoms. The van der Waals surface area contributed by atoms with Crippen LogP contribution in [0.5, 0.6) is 5.75 Å². The van der Waals surface area contributed by atoms with E-state index in [1.165, 1.54) is 0 Å². The smallest absolute Gasteiger partial charge is 0.245 e. The molecule has 1 saturated heterocycles. The number of carbonyl (C=O) groups excluding carboxylic acids is 2. The maximum atomic E-state index is 13.4. The first-order chi connectivity index (χ1) is 16.4. The first kappa shape index (κ1) is 23.5. The highest BCUT2D eigenvalue weighted by Gasteiger charge is 2.47. The van der Waals surface area contributed by atoms with Gasteiger partial charge in [0.05, 0.1) is 32.2 Å². The van der Waals surface area contributed by atoms with Crippen LogP contribution in [-0.4, -0.2) is 58.0 Å². The van der Waals surface area contributed by atoms with Crippen LogP contribution in [0, 0.1) is 6.92 Å². The number of hydrogen-bond donors (Lipinski definition) is 3. The molecule has 1 aliphatic rings. The van der Waals surface area contributed by atoms with Gasteiger partial charge in [-0.1, -0.05) is 36.4 Å². The van der Waals surface area contributed by atoms with Crippen molar-refractivity contribution in [3.8, 4) is 5.75 Å². The van der Waals surface area contributed by atoms with Gasteiger partial charge in [-0.25, -0.2) is 4.98 Å². The second kappa shape index (κ2) is 10.1. The van der Waals surface area contributed by atoms with Crippen molar-refractivity contribution in [2.75, 3.05) is 20.2 Å². The van der Waals surface area contributed by atoms with Gasteiger partial charge >= 0.3 is 0 Å². The number of rotatable bonds is 9. The molecule has 3 N–H and O–H groups in total. The largest absolute Gasteiger partial charge is 0.497 e. The van der Waals surface area contributed by atoms with Crippen LogP contribution in [0.15, 0.2) is 61.1 Å². The van der Waals surface area contributed by atoms with E-state index in [0.717, 1.165) is 28.1 Å². The number of nitrogens with one attached hydrogen (secondary N) is 2. The van der Waals surface area contributed by atoms with E-state index in [-0.39, 0.29) is 31.3 Å². The summed E-state index contributed by atoms with van der Waals surface area (Å²) in [4.78, 5) is 34.7. The summed E-state index contributed by atoms with van der Waals surface area (Å²) in [6.07, 6.45) is 4.37. The Morgan fingerprint density at radius 3 is 2.59 bits per heavy atom. The fourth-order valence-corrected chi connectivity index (χ4v) is 4.36. The molecule has 2 aromatic carbocycles. The number of carbonyl (C=O) groups is 2. The molecule has 0 saturated carbocycles. The average molecular weight is 463 g/mol. The topological polar surface area (TPSA) is 108 Å². The Labute approximate surface area is 199 Å². The second-order valence-electron chi connectivity index (χ2n) is 8.77. The van der Waals surface area contributed by atoms with Crippen molar-refractivity contribution >= 4 is 11.8 Å². The first-order valence-corrected chi connectivity index (χ1v) is 11.4. The summed E-state index contributed by atoms with van der Waals surface area (Å²) >= 11 is 0. The Bertz CT molecular complexity index is 1120. The van der Waals surface area contributed by atoms with E-state index in [9.17, 15) is 14.7 Å². The molecule has 8 nitrogen and oxygen atoms in total. The molecule has 178 valence electrons. The number of aliphatic hydroxyl groups is 1. The van der Waals surface area contributed by atoms with Crippen molar-refractivity contribution < 1.29 is 19.4 Å². The number of β-amino-alcohol motifs (C(OH)–C–C–N with tert-alkyl or cyclic N) is 1. The van der Waals surface area contributed by atoms with Gasteiger partial charge in [-0.3, -0.25) is 9.59 Å². The predicted molar refractivity (Wildman–Crippen MR) is 127 cm³/mol. The highest BCUT2D eigenvalue weighted by molar-refractivity contribution is 5.88. The first-order valence-electron chi connectivity index (χ1n) is 11.4. The lowest BCUT2D eigenvalue weighted by molar-refractivity contribution is -0.160. The number of H-pyrrole nitrogens is 1. The van der Waals surface area contributed by atoms with Crippen LogP contribution in [0.4, 0.5) is 0 Å². The molecule has 0 aliphatic carbocycles. The van der Waals surface area contributed by atoms with Crippen molar-refractivity contribution in [3.05, 3.63) is 83.4 Å². The third-order valence-corrected chi connectivity index (χ3v) is 6.26. The number of aromatic nitrogens is 2. The van der Waals surface area contributed by atoms with E-state index in [1.54, 1.807) is 24.5 Å². The molecule has 2 amide bonds. The maximum absolute atomic E-state index is 13.4. The summed E-state index contributed by atoms with van der Waals surface area (Å²) in [5.41, 5.74) is 2.43. The number of likely N-dealkylation sites (tertiary alicyclic amines) is 1. The van der Waals surface area contributed by atoms with E-state index in [1.807, 2.05) is 55.5 Å². The van der Waals surface area contributed by atoms with Gasteiger partial charge in [-0.2, -0.15) is 0 Å². The standard InChI is InChI=1S/C26H30N4O4/c1-18-5-3-4-6-22(18)26(33)15-30(16-26)25(32)23(13-19-7-10-21(34-2)11-8-19)29-24(31)12-9-20-14-27-17-28-20/h3-8,10-11,14,17,23,33H,9,12-13,15-16H2,1-2H3,(H,27,28)(H,29,31)/t23-/m0/s1. The Morgan fingerprint density at radius 1 is 1.21 bits per heavy atom. The number of amides is 2. The molecule has 3 aromatic rings. The number of aryl methyl sites for hydroxylation is 2.